The number of amides is 3. The van der Waals surface area contributed by atoms with Crippen molar-refractivity contribution in [1.29, 1.82) is 0 Å². The number of rotatable bonds is 2. The minimum atomic E-state index is -1.59. The number of esters is 1. The van der Waals surface area contributed by atoms with Crippen molar-refractivity contribution < 1.29 is 28.1 Å². The quantitative estimate of drug-likeness (QED) is 0.304. The number of imide groups is 1. The summed E-state index contributed by atoms with van der Waals surface area (Å²) in [6.45, 7) is 3.72. The lowest BCUT2D eigenvalue weighted by atomic mass is 9.97. The van der Waals surface area contributed by atoms with Crippen LogP contribution < -0.4 is 0 Å². The van der Waals surface area contributed by atoms with Crippen LogP contribution in [0.1, 0.15) is 20.7 Å². The normalized spacial score (nSPS) is 30.0. The molecule has 3 aliphatic heterocycles. The highest BCUT2D eigenvalue weighted by Gasteiger charge is 2.63. The van der Waals surface area contributed by atoms with Crippen molar-refractivity contribution >= 4 is 34.5 Å². The number of hydrogen-bond donors (Lipinski definition) is 0. The van der Waals surface area contributed by atoms with Crippen molar-refractivity contribution in [2.75, 3.05) is 12.9 Å². The highest BCUT2D eigenvalue weighted by molar-refractivity contribution is 7.86. The summed E-state index contributed by atoms with van der Waals surface area (Å²) in [5.41, 5.74) is 0.721. The molecule has 8 nitrogen and oxygen atoms in total. The average Bonchev–Trinajstić information content (AvgIpc) is 2.87. The minimum absolute atomic E-state index is 0.00607. The van der Waals surface area contributed by atoms with Crippen LogP contribution in [0.2, 0.25) is 0 Å². The van der Waals surface area contributed by atoms with Crippen LogP contribution in [0.5, 0.6) is 0 Å². The van der Waals surface area contributed by atoms with Crippen molar-refractivity contribution in [3.8, 4) is 0 Å². The fraction of sp³-hybridized carbons (Fsp3) is 0.294. The van der Waals surface area contributed by atoms with Crippen LogP contribution in [-0.4, -0.2) is 68.0 Å². The van der Waals surface area contributed by atoms with Crippen LogP contribution >= 0.6 is 0 Å². The van der Waals surface area contributed by atoms with E-state index in [0.717, 1.165) is 9.80 Å². The van der Waals surface area contributed by atoms with Gasteiger partial charge in [0.2, 0.25) is 0 Å². The number of carbonyl (C=O) groups is 4. The molecule has 4 rings (SSSR count). The van der Waals surface area contributed by atoms with Gasteiger partial charge < -0.3 is 9.64 Å². The van der Waals surface area contributed by atoms with Crippen LogP contribution in [-0.2, 0) is 25.1 Å². The van der Waals surface area contributed by atoms with Gasteiger partial charge in [-0.2, -0.15) is 0 Å². The third kappa shape index (κ3) is 1.97. The molecule has 3 heterocycles. The maximum absolute atomic E-state index is 12.7. The number of benzene rings is 1. The van der Waals surface area contributed by atoms with Gasteiger partial charge in [0, 0.05) is 5.75 Å². The van der Waals surface area contributed by atoms with E-state index < -0.39 is 51.9 Å². The molecule has 0 spiro atoms. The van der Waals surface area contributed by atoms with E-state index in [2.05, 4.69) is 6.58 Å². The summed E-state index contributed by atoms with van der Waals surface area (Å²) in [6.07, 6.45) is 0. The first-order valence-electron chi connectivity index (χ1n) is 7.80. The van der Waals surface area contributed by atoms with Crippen LogP contribution in [0.4, 0.5) is 0 Å². The van der Waals surface area contributed by atoms with E-state index in [0.29, 0.717) is 5.57 Å². The second kappa shape index (κ2) is 5.60. The van der Waals surface area contributed by atoms with E-state index in [1.165, 1.54) is 19.2 Å². The Morgan fingerprint density at radius 2 is 1.77 bits per heavy atom. The van der Waals surface area contributed by atoms with Crippen LogP contribution in [0.25, 0.3) is 0 Å². The Labute approximate surface area is 150 Å². The van der Waals surface area contributed by atoms with Gasteiger partial charge in [-0.25, -0.2) is 4.79 Å². The topological polar surface area (TPSA) is 101 Å². The number of ether oxygens (including phenoxy) is 1. The minimum Gasteiger partial charge on any atom is -0.467 e. The van der Waals surface area contributed by atoms with Gasteiger partial charge in [-0.1, -0.05) is 18.7 Å². The van der Waals surface area contributed by atoms with Crippen molar-refractivity contribution in [1.82, 2.24) is 9.80 Å². The van der Waals surface area contributed by atoms with Crippen LogP contribution in [0.3, 0.4) is 0 Å². The third-order valence-electron chi connectivity index (χ3n) is 4.84. The number of nitrogens with zero attached hydrogens (tertiary/aromatic N) is 2. The maximum atomic E-state index is 12.7. The molecule has 26 heavy (non-hydrogen) atoms. The largest absolute Gasteiger partial charge is 0.467 e. The Kier molecular flexibility index (Phi) is 3.58. The van der Waals surface area contributed by atoms with Gasteiger partial charge in [-0.3, -0.25) is 23.5 Å². The Bertz CT molecular complexity index is 891. The lowest BCUT2D eigenvalue weighted by Gasteiger charge is -2.53. The molecule has 4 atom stereocenters. The fourth-order valence-corrected chi connectivity index (χ4v) is 5.35. The average molecular weight is 374 g/mol. The molecule has 9 heteroatoms. The predicted molar refractivity (Wildman–Crippen MR) is 89.3 cm³/mol. The Hall–Kier alpha value is -2.81. The zero-order valence-corrected chi connectivity index (χ0v) is 14.5. The summed E-state index contributed by atoms with van der Waals surface area (Å²) >= 11 is 0. The van der Waals surface area contributed by atoms with E-state index in [1.807, 2.05) is 0 Å². The van der Waals surface area contributed by atoms with Crippen LogP contribution in [0.15, 0.2) is 36.4 Å². The number of hydrogen-bond acceptors (Lipinski definition) is 6. The molecule has 0 saturated carbocycles. The van der Waals surface area contributed by atoms with Gasteiger partial charge in [0.15, 0.2) is 12.1 Å². The summed E-state index contributed by atoms with van der Waals surface area (Å²) in [6, 6.07) is 4.02. The summed E-state index contributed by atoms with van der Waals surface area (Å²) < 4.78 is 17.3. The second-order valence-corrected chi connectivity index (χ2v) is 7.75. The smallest absolute Gasteiger partial charge is 0.332 e. The zero-order chi connectivity index (χ0) is 18.7. The summed E-state index contributed by atoms with van der Waals surface area (Å²) in [7, 11) is -0.405. The maximum Gasteiger partial charge on any atom is 0.332 e. The lowest BCUT2D eigenvalue weighted by molar-refractivity contribution is -0.163. The van der Waals surface area contributed by atoms with Gasteiger partial charge in [-0.15, -0.1) is 0 Å². The monoisotopic (exact) mass is 374 g/mol. The molecule has 2 fully saturated rings. The van der Waals surface area contributed by atoms with Crippen molar-refractivity contribution in [3.05, 3.63) is 47.5 Å². The molecule has 0 radical (unpaired) electrons. The lowest BCUT2D eigenvalue weighted by Crippen LogP contribution is -2.78. The Morgan fingerprint density at radius 3 is 2.31 bits per heavy atom. The molecule has 1 unspecified atom stereocenters. The molecule has 0 bridgehead atoms. The zero-order valence-electron chi connectivity index (χ0n) is 13.7. The van der Waals surface area contributed by atoms with E-state index in [9.17, 15) is 23.4 Å². The first-order valence-corrected chi connectivity index (χ1v) is 9.18. The van der Waals surface area contributed by atoms with Gasteiger partial charge in [-0.05, 0) is 17.7 Å². The Balaban J connectivity index is 1.71. The van der Waals surface area contributed by atoms with Crippen molar-refractivity contribution in [2.24, 2.45) is 0 Å². The number of carbonyl (C=O) groups excluding carboxylic acids is 4. The Morgan fingerprint density at radius 1 is 1.19 bits per heavy atom. The SMILES string of the molecule is C=C1CS(=O)[C@@H]2[C@H](N3C(=O)c4ccccc4C3=O)C(=O)N2[C@H]1C(=O)OC. The molecule has 0 aliphatic carbocycles. The number of methoxy groups -OCH3 is 1. The summed E-state index contributed by atoms with van der Waals surface area (Å²) in [4.78, 5) is 52.0. The van der Waals surface area contributed by atoms with Crippen LogP contribution in [0, 0.1) is 0 Å². The molecule has 0 N–H and O–H groups in total. The molecular formula is C17H14N2O6S. The van der Waals surface area contributed by atoms with Crippen molar-refractivity contribution in [3.63, 3.8) is 0 Å². The van der Waals surface area contributed by atoms with E-state index >= 15 is 0 Å². The standard InChI is InChI=1S/C17H14N2O6S/c1-8-7-26(24)16-12(15(22)19(16)11(8)17(23)25-2)18-13(20)9-5-3-4-6-10(9)14(18)21/h3-6,11-12,16H,1,7H2,2H3/t11-,12-,16-,26?/m1/s1. The van der Waals surface area contributed by atoms with Gasteiger partial charge in [0.25, 0.3) is 17.7 Å². The molecule has 1 aromatic rings. The number of β-lactam (4-membered cyclic amide) rings is 1. The first kappa shape index (κ1) is 16.6. The first-order chi connectivity index (χ1) is 12.4. The molecule has 3 aliphatic rings. The molecule has 1 aromatic carbocycles. The predicted octanol–water partition coefficient (Wildman–Crippen LogP) is -0.320. The summed E-state index contributed by atoms with van der Waals surface area (Å²) in [5, 5.41) is -0.945. The van der Waals surface area contributed by atoms with Crippen molar-refractivity contribution in [2.45, 2.75) is 17.5 Å². The fourth-order valence-electron chi connectivity index (χ4n) is 3.65. The highest BCUT2D eigenvalue weighted by atomic mass is 32.2. The molecule has 3 amide bonds. The highest BCUT2D eigenvalue weighted by Crippen LogP contribution is 2.39. The molecular weight excluding hydrogens is 360 g/mol. The van der Waals surface area contributed by atoms with E-state index in [1.54, 1.807) is 12.1 Å². The number of fused-ring (bicyclic) bond motifs is 2. The van der Waals surface area contributed by atoms with Gasteiger partial charge >= 0.3 is 5.97 Å². The van der Waals surface area contributed by atoms with E-state index in [-0.39, 0.29) is 16.9 Å². The molecule has 2 saturated heterocycles. The molecule has 134 valence electrons. The summed E-state index contributed by atoms with van der Waals surface area (Å²) in [5.74, 6) is -2.51. The second-order valence-electron chi connectivity index (χ2n) is 6.22. The van der Waals surface area contributed by atoms with E-state index in [4.69, 9.17) is 4.74 Å². The van der Waals surface area contributed by atoms with Gasteiger partial charge in [0.05, 0.1) is 29.0 Å². The third-order valence-corrected chi connectivity index (χ3v) is 6.52. The van der Waals surface area contributed by atoms with Gasteiger partial charge in [0.1, 0.15) is 5.37 Å². The molecule has 0 aromatic heterocycles.